The Bertz CT molecular complexity index is 936. The lowest BCUT2D eigenvalue weighted by Gasteiger charge is -2.25. The summed E-state index contributed by atoms with van der Waals surface area (Å²) in [6.07, 6.45) is 0. The van der Waals surface area contributed by atoms with Gasteiger partial charge in [0.1, 0.15) is 0 Å². The second-order valence-electron chi connectivity index (χ2n) is 8.15. The van der Waals surface area contributed by atoms with Crippen LogP contribution in [0.1, 0.15) is 17.0 Å². The molecule has 6 nitrogen and oxygen atoms in total. The molecule has 2 aromatic rings. The van der Waals surface area contributed by atoms with E-state index < -0.39 is 9.84 Å². The van der Waals surface area contributed by atoms with Crippen LogP contribution in [-0.4, -0.2) is 72.2 Å². The zero-order valence-corrected chi connectivity index (χ0v) is 17.3. The Kier molecular flexibility index (Phi) is 4.64. The van der Waals surface area contributed by atoms with E-state index in [0.29, 0.717) is 12.3 Å². The summed E-state index contributed by atoms with van der Waals surface area (Å²) < 4.78 is 27.2. The first-order valence-electron chi connectivity index (χ1n) is 9.49. The molecule has 2 saturated heterocycles. The van der Waals surface area contributed by atoms with Gasteiger partial charge < -0.3 is 4.90 Å². The van der Waals surface area contributed by atoms with Crippen LogP contribution < -0.4 is 0 Å². The van der Waals surface area contributed by atoms with E-state index in [9.17, 15) is 8.42 Å². The van der Waals surface area contributed by atoms with Crippen molar-refractivity contribution in [2.75, 3.05) is 32.9 Å². The van der Waals surface area contributed by atoms with Crippen LogP contribution >= 0.6 is 0 Å². The number of aromatic nitrogens is 2. The molecule has 3 heterocycles. The van der Waals surface area contributed by atoms with Crippen LogP contribution in [0.3, 0.4) is 0 Å². The molecule has 0 amide bonds. The first-order valence-corrected chi connectivity index (χ1v) is 11.2. The molecule has 3 atom stereocenters. The Morgan fingerprint density at radius 2 is 1.85 bits per heavy atom. The average molecular weight is 389 g/mol. The van der Waals surface area contributed by atoms with Gasteiger partial charge >= 0.3 is 0 Å². The lowest BCUT2D eigenvalue weighted by molar-refractivity contribution is 0.229. The molecular formula is C20H28N4O2S. The van der Waals surface area contributed by atoms with Crippen molar-refractivity contribution < 1.29 is 8.42 Å². The number of rotatable bonds is 4. The third-order valence-corrected chi connectivity index (χ3v) is 8.46. The van der Waals surface area contributed by atoms with Gasteiger partial charge in [-0.2, -0.15) is 5.10 Å². The monoisotopic (exact) mass is 388 g/mol. The Morgan fingerprint density at radius 1 is 1.15 bits per heavy atom. The first-order chi connectivity index (χ1) is 12.8. The molecule has 1 aromatic carbocycles. The molecule has 2 fully saturated rings. The van der Waals surface area contributed by atoms with E-state index in [1.807, 2.05) is 43.9 Å². The maximum atomic E-state index is 12.6. The van der Waals surface area contributed by atoms with Crippen molar-refractivity contribution in [3.63, 3.8) is 0 Å². The number of hydrogen-bond acceptors (Lipinski definition) is 5. The van der Waals surface area contributed by atoms with Crippen molar-refractivity contribution >= 4 is 9.84 Å². The van der Waals surface area contributed by atoms with Gasteiger partial charge in [-0.15, -0.1) is 0 Å². The van der Waals surface area contributed by atoms with Gasteiger partial charge in [0.15, 0.2) is 9.84 Å². The summed E-state index contributed by atoms with van der Waals surface area (Å²) in [5.74, 6) is 0.502. The highest BCUT2D eigenvalue weighted by Crippen LogP contribution is 2.37. The molecule has 0 saturated carbocycles. The van der Waals surface area contributed by atoms with Gasteiger partial charge in [0.2, 0.25) is 0 Å². The highest BCUT2D eigenvalue weighted by Gasteiger charge is 2.52. The number of nitrogens with zero attached hydrogens (tertiary/aromatic N) is 4. The minimum atomic E-state index is -3.01. The van der Waals surface area contributed by atoms with Gasteiger partial charge in [-0.25, -0.2) is 13.1 Å². The number of aryl methyl sites for hydroxylation is 1. The van der Waals surface area contributed by atoms with Crippen molar-refractivity contribution in [1.82, 2.24) is 19.6 Å². The minimum Gasteiger partial charge on any atom is -0.305 e. The van der Waals surface area contributed by atoms with E-state index in [4.69, 9.17) is 5.10 Å². The van der Waals surface area contributed by atoms with Gasteiger partial charge in [0, 0.05) is 42.9 Å². The van der Waals surface area contributed by atoms with Crippen LogP contribution in [0.15, 0.2) is 30.3 Å². The standard InChI is InChI=1S/C20H28N4O2S/c1-14-17(15(2)24(21-14)16-8-6-5-7-9-16)10-23-11-18-19(22(3)4)13-27(25,26)20(18)12-23/h5-9,18-20H,10-13H2,1-4H3/t18-,19+,20-/m0/s1. The summed E-state index contributed by atoms with van der Waals surface area (Å²) in [5.41, 5.74) is 4.40. The van der Waals surface area contributed by atoms with Gasteiger partial charge in [0.25, 0.3) is 0 Å². The summed E-state index contributed by atoms with van der Waals surface area (Å²) in [5, 5.41) is 4.50. The zero-order chi connectivity index (χ0) is 19.3. The minimum absolute atomic E-state index is 0.124. The molecule has 4 rings (SSSR count). The third kappa shape index (κ3) is 3.22. The summed E-state index contributed by atoms with van der Waals surface area (Å²) in [4.78, 5) is 4.38. The highest BCUT2D eigenvalue weighted by atomic mass is 32.2. The van der Waals surface area contributed by atoms with Crippen LogP contribution in [0.4, 0.5) is 0 Å². The van der Waals surface area contributed by atoms with Crippen molar-refractivity contribution in [2.24, 2.45) is 5.92 Å². The van der Waals surface area contributed by atoms with E-state index in [2.05, 4.69) is 28.9 Å². The van der Waals surface area contributed by atoms with Crippen LogP contribution in [0.5, 0.6) is 0 Å². The van der Waals surface area contributed by atoms with Crippen molar-refractivity contribution in [1.29, 1.82) is 0 Å². The number of likely N-dealkylation sites (tertiary alicyclic amines) is 1. The van der Waals surface area contributed by atoms with E-state index in [1.54, 1.807) is 0 Å². The Morgan fingerprint density at radius 3 is 2.52 bits per heavy atom. The molecule has 0 spiro atoms. The second kappa shape index (κ2) is 6.72. The topological polar surface area (TPSA) is 58.4 Å². The molecule has 0 bridgehead atoms. The first kappa shape index (κ1) is 18.7. The number of hydrogen-bond donors (Lipinski definition) is 0. The number of fused-ring (bicyclic) bond motifs is 1. The van der Waals surface area contributed by atoms with Crippen LogP contribution in [0, 0.1) is 19.8 Å². The molecule has 0 aliphatic carbocycles. The van der Waals surface area contributed by atoms with E-state index >= 15 is 0 Å². The molecule has 0 N–H and O–H groups in total. The molecule has 2 aliphatic rings. The summed E-state index contributed by atoms with van der Waals surface area (Å²) in [6, 6.07) is 10.3. The molecular weight excluding hydrogens is 360 g/mol. The average Bonchev–Trinajstić information content (AvgIpc) is 3.24. The quantitative estimate of drug-likeness (QED) is 0.797. The highest BCUT2D eigenvalue weighted by molar-refractivity contribution is 7.92. The lowest BCUT2D eigenvalue weighted by Crippen LogP contribution is -2.37. The zero-order valence-electron chi connectivity index (χ0n) is 16.5. The molecule has 1 aromatic heterocycles. The predicted octanol–water partition coefficient (Wildman–Crippen LogP) is 1.65. The fourth-order valence-corrected chi connectivity index (χ4v) is 7.23. The summed E-state index contributed by atoms with van der Waals surface area (Å²) >= 11 is 0. The largest absolute Gasteiger partial charge is 0.305 e. The number of para-hydroxylation sites is 1. The second-order valence-corrected chi connectivity index (χ2v) is 10.4. The van der Waals surface area contributed by atoms with Crippen molar-refractivity contribution in [2.45, 2.75) is 31.7 Å². The molecule has 0 unspecified atom stereocenters. The number of sulfone groups is 1. The van der Waals surface area contributed by atoms with Gasteiger partial charge in [-0.3, -0.25) is 4.90 Å². The molecule has 27 heavy (non-hydrogen) atoms. The maximum Gasteiger partial charge on any atom is 0.156 e. The van der Waals surface area contributed by atoms with E-state index in [-0.39, 0.29) is 17.2 Å². The Balaban J connectivity index is 1.57. The SMILES string of the molecule is Cc1nn(-c2ccccc2)c(C)c1CN1C[C@H]2[C@H](N(C)C)CS(=O)(=O)[C@H]2C1. The van der Waals surface area contributed by atoms with E-state index in [0.717, 1.165) is 30.2 Å². The number of benzene rings is 1. The van der Waals surface area contributed by atoms with Gasteiger partial charge in [-0.1, -0.05) is 18.2 Å². The van der Waals surface area contributed by atoms with E-state index in [1.165, 1.54) is 5.56 Å². The van der Waals surface area contributed by atoms with Gasteiger partial charge in [-0.05, 0) is 40.1 Å². The fraction of sp³-hybridized carbons (Fsp3) is 0.550. The van der Waals surface area contributed by atoms with Gasteiger partial charge in [0.05, 0.1) is 22.4 Å². The van der Waals surface area contributed by atoms with Crippen LogP contribution in [0.2, 0.25) is 0 Å². The Labute approximate surface area is 161 Å². The molecule has 0 radical (unpaired) electrons. The summed E-state index contributed by atoms with van der Waals surface area (Å²) in [7, 11) is 0.974. The normalized spacial score (nSPS) is 27.4. The Hall–Kier alpha value is -1.70. The fourth-order valence-electron chi connectivity index (χ4n) is 4.72. The molecule has 7 heteroatoms. The third-order valence-electron chi connectivity index (χ3n) is 6.23. The smallest absolute Gasteiger partial charge is 0.156 e. The summed E-state index contributed by atoms with van der Waals surface area (Å²) in [6.45, 7) is 6.36. The van der Waals surface area contributed by atoms with Crippen LogP contribution in [0.25, 0.3) is 5.69 Å². The lowest BCUT2D eigenvalue weighted by atomic mass is 10.00. The molecule has 2 aliphatic heterocycles. The molecule has 146 valence electrons. The maximum absolute atomic E-state index is 12.6. The van der Waals surface area contributed by atoms with Crippen molar-refractivity contribution in [3.05, 3.63) is 47.3 Å². The van der Waals surface area contributed by atoms with Crippen molar-refractivity contribution in [3.8, 4) is 5.69 Å². The predicted molar refractivity (Wildman–Crippen MR) is 107 cm³/mol. The van der Waals surface area contributed by atoms with Crippen LogP contribution in [-0.2, 0) is 16.4 Å².